The first-order chi connectivity index (χ1) is 14.0. The van der Waals surface area contributed by atoms with Crippen molar-refractivity contribution in [2.24, 2.45) is 0 Å². The molecule has 1 atom stereocenters. The van der Waals surface area contributed by atoms with Gasteiger partial charge < -0.3 is 19.8 Å². The number of ether oxygens (including phenoxy) is 1. The molecule has 1 amide bonds. The quantitative estimate of drug-likeness (QED) is 0.660. The van der Waals surface area contributed by atoms with Gasteiger partial charge in [-0.3, -0.25) is 4.79 Å². The SMILES string of the molecule is CNC(=O)c1cc(F)c(-c2nc3cc(C)ccn3c2C[C@H]2CNCCO2)c(F)c1.Cl. The highest BCUT2D eigenvalue weighted by atomic mass is 35.5. The molecular weight excluding hydrogens is 414 g/mol. The lowest BCUT2D eigenvalue weighted by atomic mass is 10.0. The molecular formula is C21H23ClF2N4O2. The maximum absolute atomic E-state index is 14.9. The molecule has 30 heavy (non-hydrogen) atoms. The summed E-state index contributed by atoms with van der Waals surface area (Å²) in [5.41, 5.74) is 2.17. The fraction of sp³-hybridized carbons (Fsp3) is 0.333. The van der Waals surface area contributed by atoms with Crippen molar-refractivity contribution in [1.82, 2.24) is 20.0 Å². The van der Waals surface area contributed by atoms with Crippen molar-refractivity contribution in [3.63, 3.8) is 0 Å². The summed E-state index contributed by atoms with van der Waals surface area (Å²) in [5.74, 6) is -2.21. The Bertz CT molecular complexity index is 1060. The average molecular weight is 437 g/mol. The molecule has 2 aromatic heterocycles. The number of morpholine rings is 1. The zero-order chi connectivity index (χ0) is 20.5. The summed E-state index contributed by atoms with van der Waals surface area (Å²) < 4.78 is 37.5. The number of imidazole rings is 1. The largest absolute Gasteiger partial charge is 0.375 e. The van der Waals surface area contributed by atoms with E-state index >= 15 is 0 Å². The molecule has 0 saturated carbocycles. The second-order valence-corrected chi connectivity index (χ2v) is 7.13. The van der Waals surface area contributed by atoms with E-state index in [-0.39, 0.29) is 35.3 Å². The Morgan fingerprint density at radius 1 is 1.33 bits per heavy atom. The van der Waals surface area contributed by atoms with E-state index in [0.717, 1.165) is 24.2 Å². The molecule has 6 nitrogen and oxygen atoms in total. The molecule has 0 radical (unpaired) electrons. The summed E-state index contributed by atoms with van der Waals surface area (Å²) in [4.78, 5) is 16.3. The number of benzene rings is 1. The molecule has 1 aromatic carbocycles. The van der Waals surface area contributed by atoms with Crippen LogP contribution in [0, 0.1) is 18.6 Å². The lowest BCUT2D eigenvalue weighted by molar-refractivity contribution is 0.0286. The van der Waals surface area contributed by atoms with Crippen LogP contribution in [0.1, 0.15) is 21.6 Å². The summed E-state index contributed by atoms with van der Waals surface area (Å²) in [6.07, 6.45) is 2.17. The van der Waals surface area contributed by atoms with Gasteiger partial charge in [-0.15, -0.1) is 12.4 Å². The van der Waals surface area contributed by atoms with Crippen LogP contribution >= 0.6 is 12.4 Å². The van der Waals surface area contributed by atoms with Crippen LogP contribution in [0.2, 0.25) is 0 Å². The van der Waals surface area contributed by atoms with Crippen LogP contribution < -0.4 is 10.6 Å². The molecule has 2 N–H and O–H groups in total. The first-order valence-corrected chi connectivity index (χ1v) is 9.49. The van der Waals surface area contributed by atoms with Crippen LogP contribution in [0.25, 0.3) is 16.9 Å². The highest BCUT2D eigenvalue weighted by molar-refractivity contribution is 5.94. The lowest BCUT2D eigenvalue weighted by Gasteiger charge is -2.24. The van der Waals surface area contributed by atoms with Gasteiger partial charge in [-0.2, -0.15) is 0 Å². The van der Waals surface area contributed by atoms with Crippen molar-refractivity contribution >= 4 is 24.0 Å². The lowest BCUT2D eigenvalue weighted by Crippen LogP contribution is -2.39. The predicted octanol–water partition coefficient (Wildman–Crippen LogP) is 2.90. The van der Waals surface area contributed by atoms with E-state index in [1.807, 2.05) is 29.7 Å². The number of aromatic nitrogens is 2. The highest BCUT2D eigenvalue weighted by Gasteiger charge is 2.25. The third kappa shape index (κ3) is 4.16. The van der Waals surface area contributed by atoms with Crippen LogP contribution in [0.5, 0.6) is 0 Å². The van der Waals surface area contributed by atoms with E-state index in [2.05, 4.69) is 15.6 Å². The molecule has 160 valence electrons. The standard InChI is InChI=1S/C21H22F2N4O2.ClH/c1-12-3-5-27-17(10-14-11-25-4-6-29-14)20(26-18(27)7-12)19-15(22)8-13(9-16(19)23)21(28)24-2;/h3,5,7-9,14,25H,4,6,10-11H2,1-2H3,(H,24,28);1H/t14-;/m0./s1. The maximum atomic E-state index is 14.9. The zero-order valence-electron chi connectivity index (χ0n) is 16.7. The molecule has 1 aliphatic rings. The zero-order valence-corrected chi connectivity index (χ0v) is 17.5. The summed E-state index contributed by atoms with van der Waals surface area (Å²) in [7, 11) is 1.41. The Labute approximate surface area is 179 Å². The third-order valence-corrected chi connectivity index (χ3v) is 5.07. The predicted molar refractivity (Wildman–Crippen MR) is 112 cm³/mol. The molecule has 3 heterocycles. The van der Waals surface area contributed by atoms with Crippen molar-refractivity contribution in [2.75, 3.05) is 26.7 Å². The number of nitrogens with zero attached hydrogens (tertiary/aromatic N) is 2. The number of hydrogen-bond donors (Lipinski definition) is 2. The molecule has 4 rings (SSSR count). The number of aryl methyl sites for hydroxylation is 1. The Kier molecular flexibility index (Phi) is 6.70. The van der Waals surface area contributed by atoms with Gasteiger partial charge in [0.1, 0.15) is 17.3 Å². The molecule has 1 saturated heterocycles. The first-order valence-electron chi connectivity index (χ1n) is 9.49. The summed E-state index contributed by atoms with van der Waals surface area (Å²) >= 11 is 0. The minimum atomic E-state index is -0.826. The smallest absolute Gasteiger partial charge is 0.251 e. The van der Waals surface area contributed by atoms with E-state index in [1.165, 1.54) is 7.05 Å². The molecule has 1 aliphatic heterocycles. The van der Waals surface area contributed by atoms with Crippen molar-refractivity contribution in [2.45, 2.75) is 19.4 Å². The van der Waals surface area contributed by atoms with Gasteiger partial charge >= 0.3 is 0 Å². The maximum Gasteiger partial charge on any atom is 0.251 e. The summed E-state index contributed by atoms with van der Waals surface area (Å²) in [5, 5.41) is 5.64. The normalized spacial score (nSPS) is 16.3. The number of pyridine rings is 1. The van der Waals surface area contributed by atoms with Gasteiger partial charge in [-0.25, -0.2) is 13.8 Å². The van der Waals surface area contributed by atoms with Crippen LogP contribution in [0.15, 0.2) is 30.5 Å². The first kappa shape index (κ1) is 22.1. The number of carbonyl (C=O) groups excluding carboxylic acids is 1. The number of carbonyl (C=O) groups is 1. The third-order valence-electron chi connectivity index (χ3n) is 5.07. The number of hydrogen-bond acceptors (Lipinski definition) is 4. The van der Waals surface area contributed by atoms with Gasteiger partial charge in [-0.05, 0) is 36.8 Å². The number of halogens is 3. The topological polar surface area (TPSA) is 67.7 Å². The van der Waals surface area contributed by atoms with Crippen molar-refractivity contribution in [1.29, 1.82) is 0 Å². The Hall–Kier alpha value is -2.55. The van der Waals surface area contributed by atoms with Crippen molar-refractivity contribution < 1.29 is 18.3 Å². The molecule has 9 heteroatoms. The minimum Gasteiger partial charge on any atom is -0.375 e. The van der Waals surface area contributed by atoms with Gasteiger partial charge in [0.2, 0.25) is 0 Å². The van der Waals surface area contributed by atoms with Gasteiger partial charge in [0, 0.05) is 38.3 Å². The molecule has 0 spiro atoms. The fourth-order valence-corrected chi connectivity index (χ4v) is 3.63. The number of amides is 1. The second kappa shape index (κ2) is 9.07. The molecule has 0 aliphatic carbocycles. The van der Waals surface area contributed by atoms with Crippen LogP contribution in [-0.4, -0.2) is 48.1 Å². The van der Waals surface area contributed by atoms with Gasteiger partial charge in [0.15, 0.2) is 0 Å². The average Bonchev–Trinajstić information content (AvgIpc) is 3.04. The number of nitrogens with one attached hydrogen (secondary N) is 2. The van der Waals surface area contributed by atoms with Crippen LogP contribution in [0.3, 0.4) is 0 Å². The Balaban J connectivity index is 0.00000256. The minimum absolute atomic E-state index is 0. The fourth-order valence-electron chi connectivity index (χ4n) is 3.63. The van der Waals surface area contributed by atoms with E-state index in [0.29, 0.717) is 30.9 Å². The van der Waals surface area contributed by atoms with E-state index < -0.39 is 17.5 Å². The summed E-state index contributed by atoms with van der Waals surface area (Å²) in [6, 6.07) is 5.86. The van der Waals surface area contributed by atoms with E-state index in [1.54, 1.807) is 0 Å². The molecule has 1 fully saturated rings. The number of rotatable bonds is 4. The molecule has 0 bridgehead atoms. The number of fused-ring (bicyclic) bond motifs is 1. The molecule has 3 aromatic rings. The van der Waals surface area contributed by atoms with Crippen LogP contribution in [0.4, 0.5) is 8.78 Å². The molecule has 0 unspecified atom stereocenters. The van der Waals surface area contributed by atoms with Gasteiger partial charge in [0.25, 0.3) is 5.91 Å². The second-order valence-electron chi connectivity index (χ2n) is 7.13. The van der Waals surface area contributed by atoms with Crippen LogP contribution in [-0.2, 0) is 11.2 Å². The van der Waals surface area contributed by atoms with Gasteiger partial charge in [0.05, 0.1) is 29.7 Å². The summed E-state index contributed by atoms with van der Waals surface area (Å²) in [6.45, 7) is 3.94. The Morgan fingerprint density at radius 2 is 2.07 bits per heavy atom. The van der Waals surface area contributed by atoms with Crippen molar-refractivity contribution in [3.8, 4) is 11.3 Å². The highest BCUT2D eigenvalue weighted by Crippen LogP contribution is 2.31. The van der Waals surface area contributed by atoms with Gasteiger partial charge in [-0.1, -0.05) is 0 Å². The van der Waals surface area contributed by atoms with E-state index in [9.17, 15) is 13.6 Å². The monoisotopic (exact) mass is 436 g/mol. The van der Waals surface area contributed by atoms with Crippen molar-refractivity contribution in [3.05, 3.63) is 58.9 Å². The Morgan fingerprint density at radius 3 is 2.70 bits per heavy atom. The van der Waals surface area contributed by atoms with E-state index in [4.69, 9.17) is 4.74 Å².